The minimum Gasteiger partial charge on any atom is -0.330 e. The predicted octanol–water partition coefficient (Wildman–Crippen LogP) is 5.39. The molecule has 0 spiro atoms. The smallest absolute Gasteiger partial charge is 0.261 e. The average Bonchev–Trinajstić information content (AvgIpc) is 3.08. The fourth-order valence-corrected chi connectivity index (χ4v) is 4.87. The Morgan fingerprint density at radius 1 is 0.931 bits per heavy atom. The first-order valence-electron chi connectivity index (χ1n) is 8.88. The normalized spacial score (nSPS) is 11.7. The van der Waals surface area contributed by atoms with Gasteiger partial charge in [-0.2, -0.15) is 0 Å². The molecule has 5 nitrogen and oxygen atoms in total. The lowest BCUT2D eigenvalue weighted by Crippen LogP contribution is -2.13. The summed E-state index contributed by atoms with van der Waals surface area (Å²) in [6.45, 7) is 0.784. The SMILES string of the molecule is O=S(=O)(Nc1ccc2c(c1)ncn2CCc1ccccc1)c1cc(Cl)cc(Cl)c1. The van der Waals surface area contributed by atoms with Crippen LogP contribution >= 0.6 is 23.2 Å². The van der Waals surface area contributed by atoms with E-state index in [1.165, 1.54) is 23.8 Å². The zero-order chi connectivity index (χ0) is 20.4. The van der Waals surface area contributed by atoms with E-state index in [1.54, 1.807) is 18.5 Å². The van der Waals surface area contributed by atoms with Gasteiger partial charge in [-0.15, -0.1) is 0 Å². The molecule has 3 aromatic carbocycles. The summed E-state index contributed by atoms with van der Waals surface area (Å²) in [5, 5.41) is 0.510. The largest absolute Gasteiger partial charge is 0.330 e. The van der Waals surface area contributed by atoms with E-state index in [2.05, 4.69) is 26.4 Å². The predicted molar refractivity (Wildman–Crippen MR) is 117 cm³/mol. The van der Waals surface area contributed by atoms with E-state index in [0.717, 1.165) is 18.5 Å². The fraction of sp³-hybridized carbons (Fsp3) is 0.0952. The van der Waals surface area contributed by atoms with E-state index < -0.39 is 10.0 Å². The zero-order valence-corrected chi connectivity index (χ0v) is 17.5. The Bertz CT molecular complexity index is 1250. The van der Waals surface area contributed by atoms with E-state index in [1.807, 2.05) is 24.3 Å². The second-order valence-electron chi connectivity index (χ2n) is 6.59. The molecule has 148 valence electrons. The van der Waals surface area contributed by atoms with Crippen molar-refractivity contribution in [3.63, 3.8) is 0 Å². The molecule has 0 aliphatic carbocycles. The molecule has 0 aliphatic heterocycles. The first kappa shape index (κ1) is 19.8. The van der Waals surface area contributed by atoms with Gasteiger partial charge in [-0.25, -0.2) is 13.4 Å². The molecule has 29 heavy (non-hydrogen) atoms. The van der Waals surface area contributed by atoms with Crippen LogP contribution in [0, 0.1) is 0 Å². The summed E-state index contributed by atoms with van der Waals surface area (Å²) in [5.74, 6) is 0. The van der Waals surface area contributed by atoms with E-state index in [9.17, 15) is 8.42 Å². The van der Waals surface area contributed by atoms with Crippen LogP contribution in [0.25, 0.3) is 11.0 Å². The monoisotopic (exact) mass is 445 g/mol. The van der Waals surface area contributed by atoms with Crippen LogP contribution in [0.3, 0.4) is 0 Å². The third kappa shape index (κ3) is 4.56. The van der Waals surface area contributed by atoms with Crippen molar-refractivity contribution in [3.8, 4) is 0 Å². The van der Waals surface area contributed by atoms with Gasteiger partial charge in [0.2, 0.25) is 0 Å². The van der Waals surface area contributed by atoms with E-state index in [0.29, 0.717) is 11.2 Å². The quantitative estimate of drug-likeness (QED) is 0.432. The van der Waals surface area contributed by atoms with E-state index in [4.69, 9.17) is 23.2 Å². The van der Waals surface area contributed by atoms with Gasteiger partial charge in [0.1, 0.15) is 0 Å². The summed E-state index contributed by atoms with van der Waals surface area (Å²) < 4.78 is 29.9. The van der Waals surface area contributed by atoms with Gasteiger partial charge in [0, 0.05) is 16.6 Å². The number of hydrogen-bond acceptors (Lipinski definition) is 3. The molecule has 0 unspecified atom stereocenters. The van der Waals surface area contributed by atoms with E-state index in [-0.39, 0.29) is 14.9 Å². The van der Waals surface area contributed by atoms with Gasteiger partial charge in [-0.3, -0.25) is 4.72 Å². The number of nitrogens with zero attached hydrogens (tertiary/aromatic N) is 2. The molecule has 1 heterocycles. The molecule has 0 fully saturated rings. The van der Waals surface area contributed by atoms with Crippen LogP contribution in [0.4, 0.5) is 5.69 Å². The highest BCUT2D eigenvalue weighted by molar-refractivity contribution is 7.92. The Kier molecular flexibility index (Phi) is 5.50. The molecule has 0 atom stereocenters. The van der Waals surface area contributed by atoms with Gasteiger partial charge in [-0.1, -0.05) is 53.5 Å². The molecule has 0 saturated heterocycles. The van der Waals surface area contributed by atoms with Crippen LogP contribution in [0.1, 0.15) is 5.56 Å². The van der Waals surface area contributed by atoms with Crippen LogP contribution in [0.2, 0.25) is 10.0 Å². The molecule has 0 aliphatic rings. The van der Waals surface area contributed by atoms with Crippen LogP contribution in [-0.2, 0) is 23.0 Å². The van der Waals surface area contributed by atoms with Gasteiger partial charge in [0.15, 0.2) is 0 Å². The maximum Gasteiger partial charge on any atom is 0.261 e. The number of aromatic nitrogens is 2. The molecular formula is C21H17Cl2N3O2S. The highest BCUT2D eigenvalue weighted by atomic mass is 35.5. The van der Waals surface area contributed by atoms with Crippen molar-refractivity contribution in [2.24, 2.45) is 0 Å². The molecular weight excluding hydrogens is 429 g/mol. The van der Waals surface area contributed by atoms with Gasteiger partial charge < -0.3 is 4.57 Å². The van der Waals surface area contributed by atoms with Gasteiger partial charge in [0.05, 0.1) is 27.9 Å². The molecule has 1 N–H and O–H groups in total. The number of hydrogen-bond donors (Lipinski definition) is 1. The standard InChI is InChI=1S/C21H17Cl2N3O2S/c22-16-10-17(23)12-19(11-16)29(27,28)25-18-6-7-21-20(13-18)24-14-26(21)9-8-15-4-2-1-3-5-15/h1-7,10-14,25H,8-9H2. The zero-order valence-electron chi connectivity index (χ0n) is 15.2. The summed E-state index contributed by atoms with van der Waals surface area (Å²) in [4.78, 5) is 4.41. The van der Waals surface area contributed by atoms with Crippen LogP contribution in [0.5, 0.6) is 0 Å². The number of benzene rings is 3. The molecule has 0 saturated carbocycles. The lowest BCUT2D eigenvalue weighted by Gasteiger charge is -2.09. The van der Waals surface area contributed by atoms with Crippen molar-refractivity contribution in [2.75, 3.05) is 4.72 Å². The third-order valence-corrected chi connectivity index (χ3v) is 6.30. The van der Waals surface area contributed by atoms with Crippen molar-refractivity contribution in [2.45, 2.75) is 17.9 Å². The maximum absolute atomic E-state index is 12.7. The minimum absolute atomic E-state index is 0.00323. The van der Waals surface area contributed by atoms with Crippen molar-refractivity contribution in [1.29, 1.82) is 0 Å². The summed E-state index contributed by atoms with van der Waals surface area (Å²) in [5.41, 5.74) is 3.32. The molecule has 1 aromatic heterocycles. The molecule has 8 heteroatoms. The Morgan fingerprint density at radius 3 is 2.38 bits per heavy atom. The van der Waals surface area contributed by atoms with Crippen molar-refractivity contribution < 1.29 is 8.42 Å². The second-order valence-corrected chi connectivity index (χ2v) is 9.14. The van der Waals surface area contributed by atoms with Gasteiger partial charge in [0.25, 0.3) is 10.0 Å². The van der Waals surface area contributed by atoms with Crippen molar-refractivity contribution in [3.05, 3.63) is 88.7 Å². The Morgan fingerprint density at radius 2 is 1.66 bits per heavy atom. The lowest BCUT2D eigenvalue weighted by molar-refractivity contribution is 0.601. The molecule has 0 bridgehead atoms. The van der Waals surface area contributed by atoms with Crippen LogP contribution < -0.4 is 4.72 Å². The van der Waals surface area contributed by atoms with Crippen LogP contribution in [-0.4, -0.2) is 18.0 Å². The van der Waals surface area contributed by atoms with Gasteiger partial charge in [-0.05, 0) is 48.4 Å². The van der Waals surface area contributed by atoms with Crippen LogP contribution in [0.15, 0.2) is 78.0 Å². The second kappa shape index (κ2) is 8.06. The average molecular weight is 446 g/mol. The Hall–Kier alpha value is -2.54. The number of sulfonamides is 1. The summed E-state index contributed by atoms with van der Waals surface area (Å²) in [7, 11) is -3.82. The molecule has 0 radical (unpaired) electrons. The molecule has 4 aromatic rings. The number of imidazole rings is 1. The number of rotatable bonds is 6. The van der Waals surface area contributed by atoms with E-state index >= 15 is 0 Å². The fourth-order valence-electron chi connectivity index (χ4n) is 3.10. The van der Waals surface area contributed by atoms with Crippen molar-refractivity contribution >= 4 is 49.9 Å². The first-order chi connectivity index (χ1) is 13.9. The summed E-state index contributed by atoms with van der Waals surface area (Å²) in [6, 6.07) is 19.7. The third-order valence-electron chi connectivity index (χ3n) is 4.50. The highest BCUT2D eigenvalue weighted by Crippen LogP contribution is 2.25. The Balaban J connectivity index is 1.55. The number of nitrogens with one attached hydrogen (secondary N) is 1. The first-order valence-corrected chi connectivity index (χ1v) is 11.1. The highest BCUT2D eigenvalue weighted by Gasteiger charge is 2.16. The number of anilines is 1. The number of fused-ring (bicyclic) bond motifs is 1. The Labute approximate surface area is 179 Å². The number of aryl methyl sites for hydroxylation is 2. The van der Waals surface area contributed by atoms with Crippen molar-refractivity contribution in [1.82, 2.24) is 9.55 Å². The maximum atomic E-state index is 12.7. The minimum atomic E-state index is -3.82. The summed E-state index contributed by atoms with van der Waals surface area (Å²) in [6.07, 6.45) is 2.65. The lowest BCUT2D eigenvalue weighted by atomic mass is 10.1. The summed E-state index contributed by atoms with van der Waals surface area (Å²) >= 11 is 11.8. The molecule has 4 rings (SSSR count). The number of halogens is 2. The topological polar surface area (TPSA) is 64.0 Å². The molecule has 0 amide bonds. The van der Waals surface area contributed by atoms with Gasteiger partial charge >= 0.3 is 0 Å².